The van der Waals surface area contributed by atoms with E-state index in [-0.39, 0.29) is 0 Å². The van der Waals surface area contributed by atoms with Crippen molar-refractivity contribution in [1.82, 2.24) is 20.5 Å². The Morgan fingerprint density at radius 3 is 2.94 bits per heavy atom. The molecule has 0 spiro atoms. The van der Waals surface area contributed by atoms with Gasteiger partial charge >= 0.3 is 0 Å². The third kappa shape index (κ3) is 3.31. The maximum atomic E-state index is 4.10. The molecule has 0 aliphatic rings. The highest BCUT2D eigenvalue weighted by Gasteiger charge is 2.03. The maximum absolute atomic E-state index is 4.10. The van der Waals surface area contributed by atoms with Gasteiger partial charge in [-0.05, 0) is 36.7 Å². The Bertz CT molecular complexity index is 467. The molecule has 17 heavy (non-hydrogen) atoms. The molecule has 1 aromatic heterocycles. The number of nitrogens with zero attached hydrogens (tertiary/aromatic N) is 2. The minimum Gasteiger partial charge on any atom is -0.313 e. The standard InChI is InChI=1S/C12H16N4S/c1-3-13-7-10-4-5-11(6-9(10)2)17-12-14-8-15-16-12/h4-6,8,13H,3,7H2,1-2H3,(H,14,15,16). The Labute approximate surface area is 105 Å². The lowest BCUT2D eigenvalue weighted by Crippen LogP contribution is -2.12. The molecule has 1 heterocycles. The first kappa shape index (κ1) is 12.1. The molecule has 0 bridgehead atoms. The number of H-pyrrole nitrogens is 1. The molecule has 2 rings (SSSR count). The van der Waals surface area contributed by atoms with Crippen LogP contribution in [-0.4, -0.2) is 21.7 Å². The van der Waals surface area contributed by atoms with Crippen molar-refractivity contribution in [2.75, 3.05) is 6.54 Å². The van der Waals surface area contributed by atoms with Gasteiger partial charge in [-0.1, -0.05) is 24.8 Å². The molecule has 0 radical (unpaired) electrons. The van der Waals surface area contributed by atoms with Gasteiger partial charge in [0.15, 0.2) is 5.16 Å². The van der Waals surface area contributed by atoms with Gasteiger partial charge in [-0.2, -0.15) is 5.10 Å². The maximum Gasteiger partial charge on any atom is 0.188 e. The number of benzene rings is 1. The summed E-state index contributed by atoms with van der Waals surface area (Å²) in [6, 6.07) is 6.46. The van der Waals surface area contributed by atoms with E-state index in [1.807, 2.05) is 0 Å². The van der Waals surface area contributed by atoms with E-state index in [0.29, 0.717) is 0 Å². The highest BCUT2D eigenvalue weighted by atomic mass is 32.2. The summed E-state index contributed by atoms with van der Waals surface area (Å²) in [5.41, 5.74) is 2.64. The molecule has 0 aliphatic carbocycles. The van der Waals surface area contributed by atoms with Crippen LogP contribution < -0.4 is 5.32 Å². The van der Waals surface area contributed by atoms with E-state index in [1.165, 1.54) is 22.3 Å². The molecule has 0 saturated carbocycles. The predicted octanol–water partition coefficient (Wildman–Crippen LogP) is 2.37. The second kappa shape index (κ2) is 5.84. The van der Waals surface area contributed by atoms with Gasteiger partial charge in [-0.15, -0.1) is 0 Å². The summed E-state index contributed by atoms with van der Waals surface area (Å²) in [6.07, 6.45) is 1.52. The highest BCUT2D eigenvalue weighted by molar-refractivity contribution is 7.99. The van der Waals surface area contributed by atoms with Gasteiger partial charge in [0, 0.05) is 11.4 Å². The third-order valence-corrected chi connectivity index (χ3v) is 3.37. The van der Waals surface area contributed by atoms with E-state index in [1.54, 1.807) is 11.8 Å². The van der Waals surface area contributed by atoms with Crippen LogP contribution in [0.5, 0.6) is 0 Å². The number of aromatic nitrogens is 3. The fourth-order valence-electron chi connectivity index (χ4n) is 1.54. The van der Waals surface area contributed by atoms with Crippen LogP contribution in [0.4, 0.5) is 0 Å². The van der Waals surface area contributed by atoms with E-state index in [4.69, 9.17) is 0 Å². The van der Waals surface area contributed by atoms with Crippen LogP contribution in [0.25, 0.3) is 0 Å². The first-order chi connectivity index (χ1) is 8.29. The molecule has 0 amide bonds. The Morgan fingerprint density at radius 1 is 1.41 bits per heavy atom. The summed E-state index contributed by atoms with van der Waals surface area (Å²) in [4.78, 5) is 5.28. The molecule has 0 saturated heterocycles. The number of aryl methyl sites for hydroxylation is 1. The van der Waals surface area contributed by atoms with Crippen molar-refractivity contribution in [3.8, 4) is 0 Å². The van der Waals surface area contributed by atoms with Crippen LogP contribution in [0.15, 0.2) is 34.6 Å². The monoisotopic (exact) mass is 248 g/mol. The van der Waals surface area contributed by atoms with Gasteiger partial charge in [-0.3, -0.25) is 5.10 Å². The summed E-state index contributed by atoms with van der Waals surface area (Å²) in [5, 5.41) is 10.8. The Morgan fingerprint density at radius 2 is 2.29 bits per heavy atom. The smallest absolute Gasteiger partial charge is 0.188 e. The fourth-order valence-corrected chi connectivity index (χ4v) is 2.34. The van der Waals surface area contributed by atoms with E-state index >= 15 is 0 Å². The largest absolute Gasteiger partial charge is 0.313 e. The van der Waals surface area contributed by atoms with Crippen LogP contribution in [0.3, 0.4) is 0 Å². The van der Waals surface area contributed by atoms with Crippen LogP contribution in [0, 0.1) is 6.92 Å². The molecule has 0 aliphatic heterocycles. The Balaban J connectivity index is 2.08. The number of aromatic amines is 1. The van der Waals surface area contributed by atoms with Crippen LogP contribution in [-0.2, 0) is 6.54 Å². The molecule has 4 nitrogen and oxygen atoms in total. The van der Waals surface area contributed by atoms with Gasteiger partial charge in [0.25, 0.3) is 0 Å². The van der Waals surface area contributed by atoms with Crippen molar-refractivity contribution in [2.24, 2.45) is 0 Å². The Hall–Kier alpha value is -1.33. The number of nitrogens with one attached hydrogen (secondary N) is 2. The lowest BCUT2D eigenvalue weighted by atomic mass is 10.1. The molecular weight excluding hydrogens is 232 g/mol. The highest BCUT2D eigenvalue weighted by Crippen LogP contribution is 2.25. The third-order valence-electron chi connectivity index (χ3n) is 2.49. The molecule has 0 fully saturated rings. The summed E-state index contributed by atoms with van der Waals surface area (Å²) in [5.74, 6) is 0. The zero-order chi connectivity index (χ0) is 12.1. The quantitative estimate of drug-likeness (QED) is 0.853. The molecule has 0 unspecified atom stereocenters. The first-order valence-corrected chi connectivity index (χ1v) is 6.44. The SMILES string of the molecule is CCNCc1ccc(Sc2ncn[nH]2)cc1C. The van der Waals surface area contributed by atoms with Crippen molar-refractivity contribution in [3.63, 3.8) is 0 Å². The van der Waals surface area contributed by atoms with Gasteiger partial charge in [-0.25, -0.2) is 4.98 Å². The zero-order valence-corrected chi connectivity index (χ0v) is 10.8. The summed E-state index contributed by atoms with van der Waals surface area (Å²) < 4.78 is 0. The number of hydrogen-bond acceptors (Lipinski definition) is 4. The first-order valence-electron chi connectivity index (χ1n) is 5.63. The minimum atomic E-state index is 0.823. The lowest BCUT2D eigenvalue weighted by Gasteiger charge is -2.07. The zero-order valence-electron chi connectivity index (χ0n) is 10.0. The molecule has 90 valence electrons. The normalized spacial score (nSPS) is 10.7. The van der Waals surface area contributed by atoms with Crippen molar-refractivity contribution < 1.29 is 0 Å². The second-order valence-electron chi connectivity index (χ2n) is 3.76. The van der Waals surface area contributed by atoms with Crippen molar-refractivity contribution in [1.29, 1.82) is 0 Å². The fraction of sp³-hybridized carbons (Fsp3) is 0.333. The van der Waals surface area contributed by atoms with Gasteiger partial charge in [0.1, 0.15) is 6.33 Å². The van der Waals surface area contributed by atoms with Crippen molar-refractivity contribution in [2.45, 2.75) is 30.4 Å². The average molecular weight is 248 g/mol. The molecule has 0 atom stereocenters. The van der Waals surface area contributed by atoms with Crippen LogP contribution in [0.2, 0.25) is 0 Å². The van der Waals surface area contributed by atoms with Crippen molar-refractivity contribution >= 4 is 11.8 Å². The molecule has 5 heteroatoms. The number of hydrogen-bond donors (Lipinski definition) is 2. The predicted molar refractivity (Wildman–Crippen MR) is 69.1 cm³/mol. The van der Waals surface area contributed by atoms with E-state index in [0.717, 1.165) is 18.2 Å². The van der Waals surface area contributed by atoms with Crippen molar-refractivity contribution in [3.05, 3.63) is 35.7 Å². The molecular formula is C12H16N4S. The minimum absolute atomic E-state index is 0.823. The van der Waals surface area contributed by atoms with Gasteiger partial charge in [0.05, 0.1) is 0 Å². The summed E-state index contributed by atoms with van der Waals surface area (Å²) in [7, 11) is 0. The average Bonchev–Trinajstić information content (AvgIpc) is 2.81. The molecule has 2 aromatic rings. The second-order valence-corrected chi connectivity index (χ2v) is 4.82. The molecule has 1 aromatic carbocycles. The van der Waals surface area contributed by atoms with Crippen LogP contribution in [0.1, 0.15) is 18.1 Å². The van der Waals surface area contributed by atoms with E-state index in [9.17, 15) is 0 Å². The van der Waals surface area contributed by atoms with E-state index in [2.05, 4.69) is 52.5 Å². The summed E-state index contributed by atoms with van der Waals surface area (Å²) >= 11 is 1.59. The number of rotatable bonds is 5. The van der Waals surface area contributed by atoms with Gasteiger partial charge in [0.2, 0.25) is 0 Å². The topological polar surface area (TPSA) is 53.6 Å². The molecule has 2 N–H and O–H groups in total. The van der Waals surface area contributed by atoms with Crippen LogP contribution >= 0.6 is 11.8 Å². The van der Waals surface area contributed by atoms with Gasteiger partial charge < -0.3 is 5.32 Å². The Kier molecular flexibility index (Phi) is 4.17. The lowest BCUT2D eigenvalue weighted by molar-refractivity contribution is 0.723. The summed E-state index contributed by atoms with van der Waals surface area (Å²) in [6.45, 7) is 6.17. The van der Waals surface area contributed by atoms with E-state index < -0.39 is 0 Å².